The summed E-state index contributed by atoms with van der Waals surface area (Å²) in [5.74, 6) is -0.419. The predicted octanol–water partition coefficient (Wildman–Crippen LogP) is 3.87. The van der Waals surface area contributed by atoms with E-state index < -0.39 is 5.97 Å². The molecule has 0 amide bonds. The van der Waals surface area contributed by atoms with Gasteiger partial charge in [-0.15, -0.1) is 0 Å². The SMILES string of the molecule is CCOC(=O)/C(=C(/C)Cl)c1ccc(Cl)cc1. The van der Waals surface area contributed by atoms with Crippen LogP contribution in [0.3, 0.4) is 0 Å². The molecule has 16 heavy (non-hydrogen) atoms. The van der Waals surface area contributed by atoms with Crippen molar-refractivity contribution in [3.8, 4) is 0 Å². The third-order valence-electron chi connectivity index (χ3n) is 1.96. The smallest absolute Gasteiger partial charge is 0.339 e. The van der Waals surface area contributed by atoms with Crippen molar-refractivity contribution in [2.24, 2.45) is 0 Å². The number of allylic oxidation sites excluding steroid dienone is 1. The fourth-order valence-electron chi connectivity index (χ4n) is 1.28. The van der Waals surface area contributed by atoms with Crippen molar-refractivity contribution in [3.63, 3.8) is 0 Å². The van der Waals surface area contributed by atoms with Crippen molar-refractivity contribution in [3.05, 3.63) is 39.9 Å². The van der Waals surface area contributed by atoms with Gasteiger partial charge >= 0.3 is 5.97 Å². The van der Waals surface area contributed by atoms with Crippen molar-refractivity contribution >= 4 is 34.7 Å². The highest BCUT2D eigenvalue weighted by molar-refractivity contribution is 6.38. The van der Waals surface area contributed by atoms with Gasteiger partial charge in [0.1, 0.15) is 0 Å². The molecule has 0 aliphatic heterocycles. The highest BCUT2D eigenvalue weighted by Crippen LogP contribution is 2.24. The van der Waals surface area contributed by atoms with Gasteiger partial charge in [0.05, 0.1) is 12.2 Å². The molecule has 4 heteroatoms. The maximum absolute atomic E-state index is 11.7. The van der Waals surface area contributed by atoms with Crippen LogP contribution in [0, 0.1) is 0 Å². The summed E-state index contributed by atoms with van der Waals surface area (Å²) in [6.07, 6.45) is 0. The molecule has 0 N–H and O–H groups in total. The first-order valence-corrected chi connectivity index (χ1v) is 5.61. The molecule has 0 fully saturated rings. The van der Waals surface area contributed by atoms with Gasteiger partial charge < -0.3 is 4.74 Å². The van der Waals surface area contributed by atoms with E-state index in [4.69, 9.17) is 27.9 Å². The van der Waals surface area contributed by atoms with E-state index >= 15 is 0 Å². The number of carbonyl (C=O) groups excluding carboxylic acids is 1. The lowest BCUT2D eigenvalue weighted by Gasteiger charge is -2.08. The van der Waals surface area contributed by atoms with Gasteiger partial charge in [-0.2, -0.15) is 0 Å². The zero-order chi connectivity index (χ0) is 12.1. The molecule has 86 valence electrons. The number of hydrogen-bond donors (Lipinski definition) is 0. The Morgan fingerprint density at radius 2 is 1.88 bits per heavy atom. The van der Waals surface area contributed by atoms with Crippen molar-refractivity contribution in [1.82, 2.24) is 0 Å². The third kappa shape index (κ3) is 3.26. The van der Waals surface area contributed by atoms with Crippen LogP contribution in [0.15, 0.2) is 29.3 Å². The average Bonchev–Trinajstić information content (AvgIpc) is 2.21. The van der Waals surface area contributed by atoms with Crippen LogP contribution in [-0.4, -0.2) is 12.6 Å². The molecule has 0 unspecified atom stereocenters. The third-order valence-corrected chi connectivity index (χ3v) is 2.40. The van der Waals surface area contributed by atoms with Gasteiger partial charge in [-0.05, 0) is 31.5 Å². The Labute approximate surface area is 105 Å². The van der Waals surface area contributed by atoms with Crippen molar-refractivity contribution in [2.45, 2.75) is 13.8 Å². The van der Waals surface area contributed by atoms with Crippen LogP contribution in [0.25, 0.3) is 5.57 Å². The maximum atomic E-state index is 11.7. The highest BCUT2D eigenvalue weighted by atomic mass is 35.5. The van der Waals surface area contributed by atoms with Crippen LogP contribution in [0.1, 0.15) is 19.4 Å². The Kier molecular flexibility index (Phi) is 4.84. The molecule has 0 spiro atoms. The molecule has 0 atom stereocenters. The summed E-state index contributed by atoms with van der Waals surface area (Å²) in [5, 5.41) is 1.01. The number of esters is 1. The average molecular weight is 259 g/mol. The van der Waals surface area contributed by atoms with Gasteiger partial charge in [0, 0.05) is 10.1 Å². The minimum atomic E-state index is -0.419. The van der Waals surface area contributed by atoms with Gasteiger partial charge in [0.25, 0.3) is 0 Å². The van der Waals surface area contributed by atoms with Gasteiger partial charge in [-0.1, -0.05) is 35.3 Å². The Morgan fingerprint density at radius 3 is 2.31 bits per heavy atom. The van der Waals surface area contributed by atoms with E-state index in [0.717, 1.165) is 0 Å². The molecule has 0 saturated carbocycles. The van der Waals surface area contributed by atoms with E-state index in [1.165, 1.54) is 0 Å². The Morgan fingerprint density at radius 1 is 1.31 bits per heavy atom. The number of carbonyl (C=O) groups is 1. The summed E-state index contributed by atoms with van der Waals surface area (Å²) in [6, 6.07) is 6.88. The van der Waals surface area contributed by atoms with Gasteiger partial charge in [0.15, 0.2) is 0 Å². The van der Waals surface area contributed by atoms with Crippen LogP contribution in [0.5, 0.6) is 0 Å². The molecule has 0 aliphatic carbocycles. The van der Waals surface area contributed by atoms with E-state index in [9.17, 15) is 4.79 Å². The largest absolute Gasteiger partial charge is 0.462 e. The summed E-state index contributed by atoms with van der Waals surface area (Å²) in [7, 11) is 0. The van der Waals surface area contributed by atoms with Crippen LogP contribution in [0.2, 0.25) is 5.02 Å². The van der Waals surface area contributed by atoms with Crippen molar-refractivity contribution < 1.29 is 9.53 Å². The summed E-state index contributed by atoms with van der Waals surface area (Å²) in [6.45, 7) is 3.73. The topological polar surface area (TPSA) is 26.3 Å². The lowest BCUT2D eigenvalue weighted by Crippen LogP contribution is -2.07. The monoisotopic (exact) mass is 258 g/mol. The fourth-order valence-corrected chi connectivity index (χ4v) is 1.59. The summed E-state index contributed by atoms with van der Waals surface area (Å²) in [5.41, 5.74) is 1.08. The Balaban J connectivity index is 3.10. The summed E-state index contributed by atoms with van der Waals surface area (Å²) < 4.78 is 4.94. The lowest BCUT2D eigenvalue weighted by atomic mass is 10.1. The maximum Gasteiger partial charge on any atom is 0.339 e. The molecule has 0 radical (unpaired) electrons. The molecular formula is C12H12Cl2O2. The predicted molar refractivity (Wildman–Crippen MR) is 66.5 cm³/mol. The first-order valence-electron chi connectivity index (χ1n) is 4.85. The first kappa shape index (κ1) is 13.1. The van der Waals surface area contributed by atoms with E-state index in [2.05, 4.69) is 0 Å². The number of halogens is 2. The molecule has 0 aromatic heterocycles. The molecule has 0 aliphatic rings. The van der Waals surface area contributed by atoms with E-state index in [0.29, 0.717) is 27.8 Å². The van der Waals surface area contributed by atoms with E-state index in [1.807, 2.05) is 0 Å². The zero-order valence-corrected chi connectivity index (χ0v) is 10.6. The normalized spacial score (nSPS) is 12.0. The second-order valence-corrected chi connectivity index (χ2v) is 4.14. The quantitative estimate of drug-likeness (QED) is 0.608. The number of rotatable bonds is 3. The molecule has 1 rings (SSSR count). The Bertz CT molecular complexity index is 404. The molecule has 2 nitrogen and oxygen atoms in total. The van der Waals surface area contributed by atoms with Crippen LogP contribution in [-0.2, 0) is 9.53 Å². The molecule has 0 saturated heterocycles. The van der Waals surface area contributed by atoms with Crippen molar-refractivity contribution in [2.75, 3.05) is 6.61 Å². The minimum absolute atomic E-state index is 0.320. The highest BCUT2D eigenvalue weighted by Gasteiger charge is 2.15. The van der Waals surface area contributed by atoms with Crippen molar-refractivity contribution in [1.29, 1.82) is 0 Å². The van der Waals surface area contributed by atoms with Gasteiger partial charge in [0.2, 0.25) is 0 Å². The zero-order valence-electron chi connectivity index (χ0n) is 9.09. The molecule has 1 aromatic rings. The van der Waals surface area contributed by atoms with Gasteiger partial charge in [-0.25, -0.2) is 4.79 Å². The molecule has 1 aromatic carbocycles. The second kappa shape index (κ2) is 5.92. The molecule has 0 heterocycles. The molecule has 0 bridgehead atoms. The van der Waals surface area contributed by atoms with E-state index in [-0.39, 0.29) is 0 Å². The van der Waals surface area contributed by atoms with Crippen LogP contribution < -0.4 is 0 Å². The number of benzene rings is 1. The van der Waals surface area contributed by atoms with Crippen LogP contribution >= 0.6 is 23.2 Å². The fraction of sp³-hybridized carbons (Fsp3) is 0.250. The number of ether oxygens (including phenoxy) is 1. The standard InChI is InChI=1S/C12H12Cl2O2/c1-3-16-12(15)11(8(2)13)9-4-6-10(14)7-5-9/h4-7H,3H2,1-2H3/b11-8-. The summed E-state index contributed by atoms with van der Waals surface area (Å²) in [4.78, 5) is 11.7. The molecular weight excluding hydrogens is 247 g/mol. The first-order chi connectivity index (χ1) is 7.56. The van der Waals surface area contributed by atoms with Gasteiger partial charge in [-0.3, -0.25) is 0 Å². The number of hydrogen-bond acceptors (Lipinski definition) is 2. The second-order valence-electron chi connectivity index (χ2n) is 3.14. The summed E-state index contributed by atoms with van der Waals surface area (Å²) >= 11 is 11.7. The minimum Gasteiger partial charge on any atom is -0.462 e. The Hall–Kier alpha value is -0.990. The van der Waals surface area contributed by atoms with E-state index in [1.54, 1.807) is 38.1 Å². The van der Waals surface area contributed by atoms with Crippen LogP contribution in [0.4, 0.5) is 0 Å². The lowest BCUT2D eigenvalue weighted by molar-refractivity contribution is -0.136.